The molecule has 0 spiro atoms. The molecule has 1 atom stereocenters. The Kier molecular flexibility index (Phi) is 4.79. The fourth-order valence-corrected chi connectivity index (χ4v) is 2.06. The first-order chi connectivity index (χ1) is 9.16. The highest BCUT2D eigenvalue weighted by Crippen LogP contribution is 2.25. The molecule has 0 bridgehead atoms. The Morgan fingerprint density at radius 3 is 3.05 bits per heavy atom. The van der Waals surface area contributed by atoms with Gasteiger partial charge in [0.25, 0.3) is 0 Å². The SMILES string of the molecule is CC(C)Oc1ncnc(NCCC2CCCO2)c1N. The van der Waals surface area contributed by atoms with Gasteiger partial charge in [0.1, 0.15) is 12.0 Å². The van der Waals surface area contributed by atoms with Crippen molar-refractivity contribution in [2.24, 2.45) is 0 Å². The van der Waals surface area contributed by atoms with Crippen molar-refractivity contribution in [1.29, 1.82) is 0 Å². The maximum Gasteiger partial charge on any atom is 0.242 e. The zero-order valence-electron chi connectivity index (χ0n) is 11.6. The molecule has 1 saturated heterocycles. The van der Waals surface area contributed by atoms with E-state index in [1.54, 1.807) is 0 Å². The molecule has 1 aliphatic rings. The minimum atomic E-state index is 0.0388. The molecule has 2 rings (SSSR count). The Morgan fingerprint density at radius 2 is 2.37 bits per heavy atom. The van der Waals surface area contributed by atoms with Crippen molar-refractivity contribution in [3.05, 3.63) is 6.33 Å². The first-order valence-electron chi connectivity index (χ1n) is 6.79. The highest BCUT2D eigenvalue weighted by molar-refractivity contribution is 5.66. The van der Waals surface area contributed by atoms with Gasteiger partial charge in [0.15, 0.2) is 5.82 Å². The van der Waals surface area contributed by atoms with Gasteiger partial charge >= 0.3 is 0 Å². The second kappa shape index (κ2) is 6.56. The number of rotatable bonds is 6. The number of nitrogen functional groups attached to an aromatic ring is 1. The minimum Gasteiger partial charge on any atom is -0.473 e. The molecule has 0 amide bonds. The van der Waals surface area contributed by atoms with Gasteiger partial charge in [0.2, 0.25) is 5.88 Å². The molecule has 106 valence electrons. The topological polar surface area (TPSA) is 82.3 Å². The Morgan fingerprint density at radius 1 is 1.53 bits per heavy atom. The van der Waals surface area contributed by atoms with Gasteiger partial charge in [0.05, 0.1) is 12.2 Å². The number of nitrogens with one attached hydrogen (secondary N) is 1. The van der Waals surface area contributed by atoms with Crippen molar-refractivity contribution in [3.63, 3.8) is 0 Å². The highest BCUT2D eigenvalue weighted by atomic mass is 16.5. The largest absolute Gasteiger partial charge is 0.473 e. The van der Waals surface area contributed by atoms with E-state index in [0.29, 0.717) is 23.5 Å². The number of nitrogens with zero attached hydrogens (tertiary/aromatic N) is 2. The summed E-state index contributed by atoms with van der Waals surface area (Å²) >= 11 is 0. The van der Waals surface area contributed by atoms with E-state index >= 15 is 0 Å². The summed E-state index contributed by atoms with van der Waals surface area (Å²) in [5.41, 5.74) is 6.44. The van der Waals surface area contributed by atoms with Gasteiger partial charge in [-0.3, -0.25) is 0 Å². The summed E-state index contributed by atoms with van der Waals surface area (Å²) in [6.07, 6.45) is 5.13. The van der Waals surface area contributed by atoms with E-state index in [9.17, 15) is 0 Å². The monoisotopic (exact) mass is 266 g/mol. The first-order valence-corrected chi connectivity index (χ1v) is 6.79. The lowest BCUT2D eigenvalue weighted by Gasteiger charge is -2.14. The molecule has 1 aromatic rings. The number of aromatic nitrogens is 2. The second-order valence-electron chi connectivity index (χ2n) is 4.96. The Hall–Kier alpha value is -1.56. The Bertz CT molecular complexity index is 406. The van der Waals surface area contributed by atoms with Gasteiger partial charge in [0, 0.05) is 13.2 Å². The smallest absolute Gasteiger partial charge is 0.242 e. The van der Waals surface area contributed by atoms with E-state index in [1.807, 2.05) is 13.8 Å². The van der Waals surface area contributed by atoms with Gasteiger partial charge in [-0.05, 0) is 33.1 Å². The van der Waals surface area contributed by atoms with Crippen molar-refractivity contribution in [2.75, 3.05) is 24.2 Å². The van der Waals surface area contributed by atoms with Gasteiger partial charge < -0.3 is 20.5 Å². The fraction of sp³-hybridized carbons (Fsp3) is 0.692. The molecule has 0 saturated carbocycles. The average Bonchev–Trinajstić information content (AvgIpc) is 2.86. The van der Waals surface area contributed by atoms with Crippen LogP contribution in [0.1, 0.15) is 33.1 Å². The predicted molar refractivity (Wildman–Crippen MR) is 74.3 cm³/mol. The summed E-state index contributed by atoms with van der Waals surface area (Å²) in [5, 5.41) is 3.22. The van der Waals surface area contributed by atoms with Crippen LogP contribution in [0, 0.1) is 0 Å². The van der Waals surface area contributed by atoms with Gasteiger partial charge in [-0.15, -0.1) is 0 Å². The normalized spacial score (nSPS) is 18.8. The van der Waals surface area contributed by atoms with E-state index in [4.69, 9.17) is 15.2 Å². The van der Waals surface area contributed by atoms with Gasteiger partial charge in [-0.25, -0.2) is 4.98 Å². The molecule has 19 heavy (non-hydrogen) atoms. The molecule has 6 heteroatoms. The quantitative estimate of drug-likeness (QED) is 0.817. The van der Waals surface area contributed by atoms with Gasteiger partial charge in [-0.1, -0.05) is 0 Å². The summed E-state index contributed by atoms with van der Waals surface area (Å²) in [7, 11) is 0. The summed E-state index contributed by atoms with van der Waals surface area (Å²) in [6.45, 7) is 5.54. The summed E-state index contributed by atoms with van der Waals surface area (Å²) in [4.78, 5) is 8.18. The van der Waals surface area contributed by atoms with Crippen LogP contribution in [0.25, 0.3) is 0 Å². The molecule has 1 unspecified atom stereocenters. The van der Waals surface area contributed by atoms with E-state index in [0.717, 1.165) is 32.4 Å². The van der Waals surface area contributed by atoms with Crippen LogP contribution in [0.2, 0.25) is 0 Å². The lowest BCUT2D eigenvalue weighted by Crippen LogP contribution is -2.15. The van der Waals surface area contributed by atoms with Crippen LogP contribution in [0.5, 0.6) is 5.88 Å². The maximum atomic E-state index is 5.98. The van der Waals surface area contributed by atoms with Crippen LogP contribution in [0.3, 0.4) is 0 Å². The molecule has 6 nitrogen and oxygen atoms in total. The number of nitrogens with two attached hydrogens (primary N) is 1. The third kappa shape index (κ3) is 3.96. The molecule has 0 radical (unpaired) electrons. The van der Waals surface area contributed by atoms with E-state index in [2.05, 4.69) is 15.3 Å². The van der Waals surface area contributed by atoms with Gasteiger partial charge in [-0.2, -0.15) is 4.98 Å². The van der Waals surface area contributed by atoms with Crippen molar-refractivity contribution < 1.29 is 9.47 Å². The number of hydrogen-bond acceptors (Lipinski definition) is 6. The van der Waals surface area contributed by atoms with E-state index in [-0.39, 0.29) is 6.10 Å². The third-order valence-electron chi connectivity index (χ3n) is 2.98. The highest BCUT2D eigenvalue weighted by Gasteiger charge is 2.15. The molecule has 2 heterocycles. The molecule has 0 aliphatic carbocycles. The van der Waals surface area contributed by atoms with Crippen molar-refractivity contribution >= 4 is 11.5 Å². The van der Waals surface area contributed by atoms with Crippen LogP contribution >= 0.6 is 0 Å². The molecule has 3 N–H and O–H groups in total. The molecule has 1 fully saturated rings. The van der Waals surface area contributed by atoms with Crippen molar-refractivity contribution in [3.8, 4) is 5.88 Å². The maximum absolute atomic E-state index is 5.98. The average molecular weight is 266 g/mol. The second-order valence-corrected chi connectivity index (χ2v) is 4.96. The molecular weight excluding hydrogens is 244 g/mol. The first kappa shape index (κ1) is 13.9. The zero-order chi connectivity index (χ0) is 13.7. The minimum absolute atomic E-state index is 0.0388. The zero-order valence-corrected chi connectivity index (χ0v) is 11.6. The van der Waals surface area contributed by atoms with Crippen LogP contribution in [0.15, 0.2) is 6.33 Å². The molecule has 1 aliphatic heterocycles. The van der Waals surface area contributed by atoms with E-state index < -0.39 is 0 Å². The number of anilines is 2. The van der Waals surface area contributed by atoms with Crippen molar-refractivity contribution in [2.45, 2.75) is 45.3 Å². The summed E-state index contributed by atoms with van der Waals surface area (Å²) in [5.74, 6) is 1.06. The summed E-state index contributed by atoms with van der Waals surface area (Å²) in [6, 6.07) is 0. The number of ether oxygens (including phenoxy) is 2. The molecule has 1 aromatic heterocycles. The van der Waals surface area contributed by atoms with Crippen LogP contribution in [-0.2, 0) is 4.74 Å². The lowest BCUT2D eigenvalue weighted by molar-refractivity contribution is 0.107. The van der Waals surface area contributed by atoms with Crippen LogP contribution in [0.4, 0.5) is 11.5 Å². The van der Waals surface area contributed by atoms with Crippen LogP contribution < -0.4 is 15.8 Å². The Balaban J connectivity index is 1.88. The van der Waals surface area contributed by atoms with Crippen molar-refractivity contribution in [1.82, 2.24) is 9.97 Å². The fourth-order valence-electron chi connectivity index (χ4n) is 2.06. The predicted octanol–water partition coefficient (Wildman–Crippen LogP) is 1.83. The van der Waals surface area contributed by atoms with Crippen LogP contribution in [-0.4, -0.2) is 35.3 Å². The lowest BCUT2D eigenvalue weighted by atomic mass is 10.2. The summed E-state index contributed by atoms with van der Waals surface area (Å²) < 4.78 is 11.1. The molecule has 0 aromatic carbocycles. The number of hydrogen-bond donors (Lipinski definition) is 2. The standard InChI is InChI=1S/C13H22N4O2/c1-9(2)19-13-11(14)12(16-8-17-13)15-6-5-10-4-3-7-18-10/h8-10H,3-7,14H2,1-2H3,(H,15,16,17). The Labute approximate surface area is 113 Å². The van der Waals surface area contributed by atoms with E-state index in [1.165, 1.54) is 6.33 Å². The molecular formula is C13H22N4O2. The third-order valence-corrected chi connectivity index (χ3v) is 2.98.